The molecule has 1 saturated carbocycles. The summed E-state index contributed by atoms with van der Waals surface area (Å²) in [6, 6.07) is 17.8. The fraction of sp³-hybridized carbons (Fsp3) is 0.273. The second-order valence-corrected chi connectivity index (χ2v) is 7.48. The first-order valence-corrected chi connectivity index (χ1v) is 9.52. The first-order chi connectivity index (χ1) is 13.7. The molecule has 0 unspecified atom stereocenters. The van der Waals surface area contributed by atoms with Crippen LogP contribution < -0.4 is 10.2 Å². The van der Waals surface area contributed by atoms with Crippen LogP contribution in [-0.2, 0) is 4.79 Å². The zero-order chi connectivity index (χ0) is 19.1. The summed E-state index contributed by atoms with van der Waals surface area (Å²) in [5.74, 6) is 1.46. The second kappa shape index (κ2) is 6.31. The number of nitriles is 1. The Balaban J connectivity index is 1.40. The van der Waals surface area contributed by atoms with Gasteiger partial charge in [0.2, 0.25) is 5.91 Å². The Morgan fingerprint density at radius 2 is 2.00 bits per heavy atom. The predicted molar refractivity (Wildman–Crippen MR) is 107 cm³/mol. The number of carbonyl (C=O) groups is 1. The van der Waals surface area contributed by atoms with Gasteiger partial charge in [0.1, 0.15) is 17.1 Å². The Morgan fingerprint density at radius 3 is 2.82 bits per heavy atom. The Labute approximate surface area is 162 Å². The van der Waals surface area contributed by atoms with Crippen LogP contribution in [0.3, 0.4) is 0 Å². The molecule has 138 valence electrons. The van der Waals surface area contributed by atoms with Crippen molar-refractivity contribution in [2.75, 3.05) is 16.8 Å². The number of nitrogens with one attached hydrogen (secondary N) is 1. The minimum absolute atomic E-state index is 0.0709. The van der Waals surface area contributed by atoms with E-state index in [2.05, 4.69) is 21.4 Å². The summed E-state index contributed by atoms with van der Waals surface area (Å²) in [5.41, 5.74) is 0.833. The molecule has 1 atom stereocenters. The Bertz CT molecular complexity index is 1120. The normalized spacial score (nSPS) is 21.7. The number of pyridine rings is 2. The molecule has 0 bridgehead atoms. The highest BCUT2D eigenvalue weighted by Gasteiger charge is 2.56. The molecule has 1 aromatic carbocycles. The first-order valence-electron chi connectivity index (χ1n) is 9.52. The van der Waals surface area contributed by atoms with E-state index >= 15 is 0 Å². The molecule has 0 spiro atoms. The number of amides is 1. The van der Waals surface area contributed by atoms with E-state index in [1.807, 2.05) is 48.5 Å². The smallest absolute Gasteiger partial charge is 0.247 e. The maximum absolute atomic E-state index is 13.0. The lowest BCUT2D eigenvalue weighted by Crippen LogP contribution is -2.35. The van der Waals surface area contributed by atoms with Crippen LogP contribution in [0.5, 0.6) is 0 Å². The van der Waals surface area contributed by atoms with E-state index in [0.717, 1.165) is 29.4 Å². The average Bonchev–Trinajstić information content (AvgIpc) is 3.52. The highest BCUT2D eigenvalue weighted by atomic mass is 16.2. The van der Waals surface area contributed by atoms with Gasteiger partial charge in [0.25, 0.3) is 0 Å². The number of nitrogens with zero attached hydrogens (tertiary/aromatic N) is 4. The molecule has 1 aliphatic carbocycles. The third-order valence-corrected chi connectivity index (χ3v) is 5.74. The van der Waals surface area contributed by atoms with Crippen molar-refractivity contribution in [1.82, 2.24) is 9.97 Å². The van der Waals surface area contributed by atoms with Gasteiger partial charge in [-0.25, -0.2) is 9.97 Å². The molecule has 2 aliphatic rings. The van der Waals surface area contributed by atoms with Crippen molar-refractivity contribution in [3.8, 4) is 6.07 Å². The molecule has 1 N–H and O–H groups in total. The third kappa shape index (κ3) is 2.67. The number of hydrogen-bond acceptors (Lipinski definition) is 5. The fourth-order valence-electron chi connectivity index (χ4n) is 4.06. The lowest BCUT2D eigenvalue weighted by atomic mass is 9.83. The summed E-state index contributed by atoms with van der Waals surface area (Å²) in [4.78, 5) is 23.7. The molecule has 6 nitrogen and oxygen atoms in total. The molecular weight excluding hydrogens is 350 g/mol. The van der Waals surface area contributed by atoms with E-state index in [-0.39, 0.29) is 11.8 Å². The van der Waals surface area contributed by atoms with Crippen LogP contribution in [0.25, 0.3) is 10.9 Å². The van der Waals surface area contributed by atoms with Gasteiger partial charge in [-0.05, 0) is 49.4 Å². The van der Waals surface area contributed by atoms with E-state index < -0.39 is 5.41 Å². The van der Waals surface area contributed by atoms with Crippen LogP contribution >= 0.6 is 0 Å². The van der Waals surface area contributed by atoms with Crippen molar-refractivity contribution in [2.24, 2.45) is 11.3 Å². The van der Waals surface area contributed by atoms with Crippen molar-refractivity contribution < 1.29 is 4.79 Å². The highest BCUT2D eigenvalue weighted by molar-refractivity contribution is 6.02. The summed E-state index contributed by atoms with van der Waals surface area (Å²) in [7, 11) is 0. The maximum Gasteiger partial charge on any atom is 0.247 e. The number of benzene rings is 1. The number of anilines is 3. The Morgan fingerprint density at radius 1 is 1.14 bits per heavy atom. The predicted octanol–water partition coefficient (Wildman–Crippen LogP) is 4.03. The Kier molecular flexibility index (Phi) is 3.76. The molecule has 5 rings (SSSR count). The van der Waals surface area contributed by atoms with Crippen molar-refractivity contribution in [3.05, 3.63) is 54.7 Å². The zero-order valence-corrected chi connectivity index (χ0v) is 15.3. The molecule has 6 heteroatoms. The SMILES string of the molecule is N#C[C@@]1(C2CC2)CCN(c2ccnc(Nc3ccc4ccccc4n3)c2)C1=O. The monoisotopic (exact) mass is 369 g/mol. The van der Waals surface area contributed by atoms with Crippen LogP contribution in [0.4, 0.5) is 17.3 Å². The van der Waals surface area contributed by atoms with Gasteiger partial charge in [-0.2, -0.15) is 5.26 Å². The van der Waals surface area contributed by atoms with Crippen LogP contribution in [-0.4, -0.2) is 22.4 Å². The van der Waals surface area contributed by atoms with Gasteiger partial charge in [0, 0.05) is 29.9 Å². The quantitative estimate of drug-likeness (QED) is 0.751. The minimum atomic E-state index is -0.837. The van der Waals surface area contributed by atoms with E-state index in [9.17, 15) is 10.1 Å². The standard InChI is InChI=1S/C22H19N5O/c23-14-22(16-6-7-16)10-12-27(21(22)28)17-9-11-24-20(13-17)26-19-8-5-15-3-1-2-4-18(15)25-19/h1-5,8-9,11,13,16H,6-7,10,12H2,(H,24,25,26)/t22-/m1/s1. The van der Waals surface area contributed by atoms with Gasteiger partial charge in [0.05, 0.1) is 11.6 Å². The largest absolute Gasteiger partial charge is 0.325 e. The van der Waals surface area contributed by atoms with Crippen LogP contribution in [0.1, 0.15) is 19.3 Å². The van der Waals surface area contributed by atoms with Crippen molar-refractivity contribution >= 4 is 34.1 Å². The van der Waals surface area contributed by atoms with Gasteiger partial charge < -0.3 is 10.2 Å². The van der Waals surface area contributed by atoms with Crippen LogP contribution in [0.15, 0.2) is 54.7 Å². The van der Waals surface area contributed by atoms with Crippen LogP contribution in [0.2, 0.25) is 0 Å². The minimum Gasteiger partial charge on any atom is -0.325 e. The number of carbonyl (C=O) groups excluding carboxylic acids is 1. The summed E-state index contributed by atoms with van der Waals surface area (Å²) >= 11 is 0. The molecule has 1 aliphatic heterocycles. The molecule has 0 radical (unpaired) electrons. The van der Waals surface area contributed by atoms with Crippen molar-refractivity contribution in [3.63, 3.8) is 0 Å². The lowest BCUT2D eigenvalue weighted by Gasteiger charge is -2.21. The second-order valence-electron chi connectivity index (χ2n) is 7.48. The molecule has 1 saturated heterocycles. The van der Waals surface area contributed by atoms with E-state index in [1.165, 1.54) is 0 Å². The molecule has 2 aromatic heterocycles. The average molecular weight is 369 g/mol. The Hall–Kier alpha value is -3.46. The number of para-hydroxylation sites is 1. The number of fused-ring (bicyclic) bond motifs is 1. The number of rotatable bonds is 4. The molecule has 28 heavy (non-hydrogen) atoms. The molecule has 3 heterocycles. The first kappa shape index (κ1) is 16.7. The van der Waals surface area contributed by atoms with Gasteiger partial charge in [0.15, 0.2) is 0 Å². The summed E-state index contributed by atoms with van der Waals surface area (Å²) in [5, 5.41) is 14.0. The fourth-order valence-corrected chi connectivity index (χ4v) is 4.06. The molecule has 2 fully saturated rings. The van der Waals surface area contributed by atoms with Gasteiger partial charge in [-0.1, -0.05) is 18.2 Å². The lowest BCUT2D eigenvalue weighted by molar-refractivity contribution is -0.123. The third-order valence-electron chi connectivity index (χ3n) is 5.74. The van der Waals surface area contributed by atoms with E-state index in [4.69, 9.17) is 0 Å². The maximum atomic E-state index is 13.0. The van der Waals surface area contributed by atoms with Gasteiger partial charge >= 0.3 is 0 Å². The number of aromatic nitrogens is 2. The van der Waals surface area contributed by atoms with Crippen molar-refractivity contribution in [2.45, 2.75) is 19.3 Å². The van der Waals surface area contributed by atoms with Gasteiger partial charge in [-0.15, -0.1) is 0 Å². The topological polar surface area (TPSA) is 81.9 Å². The summed E-state index contributed by atoms with van der Waals surface area (Å²) < 4.78 is 0. The van der Waals surface area contributed by atoms with E-state index in [0.29, 0.717) is 24.6 Å². The zero-order valence-electron chi connectivity index (χ0n) is 15.3. The molecule has 3 aromatic rings. The van der Waals surface area contributed by atoms with Gasteiger partial charge in [-0.3, -0.25) is 4.79 Å². The number of hydrogen-bond donors (Lipinski definition) is 1. The summed E-state index contributed by atoms with van der Waals surface area (Å²) in [6.07, 6.45) is 4.23. The molecule has 1 amide bonds. The molecular formula is C22H19N5O. The van der Waals surface area contributed by atoms with Crippen LogP contribution in [0, 0.1) is 22.7 Å². The van der Waals surface area contributed by atoms with E-state index in [1.54, 1.807) is 11.1 Å². The highest BCUT2D eigenvalue weighted by Crippen LogP contribution is 2.51. The van der Waals surface area contributed by atoms with Crippen molar-refractivity contribution in [1.29, 1.82) is 5.26 Å². The summed E-state index contributed by atoms with van der Waals surface area (Å²) in [6.45, 7) is 0.570.